The van der Waals surface area contributed by atoms with E-state index in [0.29, 0.717) is 24.1 Å². The summed E-state index contributed by atoms with van der Waals surface area (Å²) in [6, 6.07) is 15.7. The van der Waals surface area contributed by atoms with Gasteiger partial charge >= 0.3 is 5.69 Å². The highest BCUT2D eigenvalue weighted by Gasteiger charge is 2.17. The zero-order valence-electron chi connectivity index (χ0n) is 15.3. The van der Waals surface area contributed by atoms with Crippen LogP contribution in [0.2, 0.25) is 0 Å². The quantitative estimate of drug-likeness (QED) is 0.608. The lowest BCUT2D eigenvalue weighted by Gasteiger charge is -2.14. The molecular weight excluding hydrogens is 340 g/mol. The summed E-state index contributed by atoms with van der Waals surface area (Å²) < 4.78 is 2.81. The molecule has 27 heavy (non-hydrogen) atoms. The molecule has 0 aliphatic heterocycles. The van der Waals surface area contributed by atoms with Gasteiger partial charge in [0.1, 0.15) is 5.52 Å². The Labute approximate surface area is 155 Å². The van der Waals surface area contributed by atoms with Crippen molar-refractivity contribution in [2.45, 2.75) is 26.8 Å². The maximum Gasteiger partial charge on any atom is 0.337 e. The number of hydrogen-bond donors (Lipinski definition) is 1. The van der Waals surface area contributed by atoms with E-state index in [0.717, 1.165) is 22.4 Å². The van der Waals surface area contributed by atoms with Crippen molar-refractivity contribution in [2.75, 3.05) is 0 Å². The van der Waals surface area contributed by atoms with Crippen LogP contribution in [0.4, 0.5) is 0 Å². The SMILES string of the molecule is Cc1ccc(-n2c(=O)n(CCc3ccccc3)c(=O)c3[nH]cnc32)c(C)c1. The summed E-state index contributed by atoms with van der Waals surface area (Å²) in [7, 11) is 0. The van der Waals surface area contributed by atoms with E-state index in [2.05, 4.69) is 9.97 Å². The van der Waals surface area contributed by atoms with E-state index in [4.69, 9.17) is 0 Å². The molecule has 2 heterocycles. The van der Waals surface area contributed by atoms with E-state index in [1.54, 1.807) is 0 Å². The van der Waals surface area contributed by atoms with Crippen LogP contribution < -0.4 is 11.2 Å². The van der Waals surface area contributed by atoms with Crippen molar-refractivity contribution < 1.29 is 0 Å². The highest BCUT2D eigenvalue weighted by molar-refractivity contribution is 5.71. The summed E-state index contributed by atoms with van der Waals surface area (Å²) in [6.45, 7) is 4.26. The minimum absolute atomic E-state index is 0.307. The fourth-order valence-corrected chi connectivity index (χ4v) is 3.40. The molecule has 0 saturated carbocycles. The standard InChI is InChI=1S/C21H20N4O2/c1-14-8-9-17(15(2)12-14)25-19-18(22-13-23-19)20(26)24(21(25)27)11-10-16-6-4-3-5-7-16/h3-9,12-13H,10-11H2,1-2H3,(H,22,23). The lowest BCUT2D eigenvalue weighted by molar-refractivity contribution is 0.618. The Bertz CT molecular complexity index is 1230. The van der Waals surface area contributed by atoms with E-state index in [-0.39, 0.29) is 11.2 Å². The van der Waals surface area contributed by atoms with E-state index in [9.17, 15) is 9.59 Å². The molecule has 0 aliphatic rings. The van der Waals surface area contributed by atoms with Gasteiger partial charge in [0.15, 0.2) is 5.65 Å². The van der Waals surface area contributed by atoms with Gasteiger partial charge in [-0.2, -0.15) is 0 Å². The molecule has 0 unspecified atom stereocenters. The van der Waals surface area contributed by atoms with Crippen molar-refractivity contribution in [3.63, 3.8) is 0 Å². The van der Waals surface area contributed by atoms with Crippen LogP contribution in [0.3, 0.4) is 0 Å². The number of fused-ring (bicyclic) bond motifs is 1. The summed E-state index contributed by atoms with van der Waals surface area (Å²) in [6.07, 6.45) is 2.05. The number of aromatic nitrogens is 4. The molecule has 4 aromatic rings. The number of benzene rings is 2. The molecule has 136 valence electrons. The second kappa shape index (κ2) is 6.72. The molecule has 0 spiro atoms. The molecule has 0 radical (unpaired) electrons. The van der Waals surface area contributed by atoms with Crippen molar-refractivity contribution >= 4 is 11.2 Å². The number of H-pyrrole nitrogens is 1. The van der Waals surface area contributed by atoms with E-state index >= 15 is 0 Å². The van der Waals surface area contributed by atoms with Gasteiger partial charge in [-0.3, -0.25) is 9.36 Å². The first-order valence-corrected chi connectivity index (χ1v) is 8.87. The monoisotopic (exact) mass is 360 g/mol. The van der Waals surface area contributed by atoms with Crippen LogP contribution in [0.25, 0.3) is 16.9 Å². The number of aryl methyl sites for hydroxylation is 3. The van der Waals surface area contributed by atoms with Crippen molar-refractivity contribution in [3.05, 3.63) is 92.4 Å². The number of imidazole rings is 1. The van der Waals surface area contributed by atoms with Gasteiger partial charge in [0.05, 0.1) is 12.0 Å². The molecule has 4 rings (SSSR count). The van der Waals surface area contributed by atoms with Crippen LogP contribution in [-0.2, 0) is 13.0 Å². The lowest BCUT2D eigenvalue weighted by Crippen LogP contribution is -2.40. The first kappa shape index (κ1) is 17.0. The van der Waals surface area contributed by atoms with Gasteiger partial charge in [0.2, 0.25) is 0 Å². The van der Waals surface area contributed by atoms with Gasteiger partial charge in [0.25, 0.3) is 5.56 Å². The fourth-order valence-electron chi connectivity index (χ4n) is 3.40. The largest absolute Gasteiger partial charge is 0.339 e. The van der Waals surface area contributed by atoms with Gasteiger partial charge in [0, 0.05) is 6.54 Å². The Kier molecular flexibility index (Phi) is 4.24. The van der Waals surface area contributed by atoms with Crippen molar-refractivity contribution in [1.29, 1.82) is 0 Å². The Morgan fingerprint density at radius 1 is 1.04 bits per heavy atom. The number of aromatic amines is 1. The normalized spacial score (nSPS) is 11.2. The van der Waals surface area contributed by atoms with Gasteiger partial charge < -0.3 is 4.98 Å². The highest BCUT2D eigenvalue weighted by atomic mass is 16.2. The molecule has 0 fully saturated rings. The summed E-state index contributed by atoms with van der Waals surface area (Å²) in [5.74, 6) is 0. The van der Waals surface area contributed by atoms with Gasteiger partial charge in [-0.1, -0.05) is 48.0 Å². The topological polar surface area (TPSA) is 72.7 Å². The smallest absolute Gasteiger partial charge is 0.337 e. The van der Waals surface area contributed by atoms with Crippen LogP contribution in [0.1, 0.15) is 16.7 Å². The Balaban J connectivity index is 1.90. The third-order valence-electron chi connectivity index (χ3n) is 4.77. The second-order valence-electron chi connectivity index (χ2n) is 6.70. The Morgan fingerprint density at radius 3 is 2.56 bits per heavy atom. The van der Waals surface area contributed by atoms with Gasteiger partial charge in [-0.15, -0.1) is 0 Å². The average molecular weight is 360 g/mol. The fraction of sp³-hybridized carbons (Fsp3) is 0.190. The zero-order valence-corrected chi connectivity index (χ0v) is 15.3. The minimum Gasteiger partial charge on any atom is -0.339 e. The van der Waals surface area contributed by atoms with E-state index in [1.165, 1.54) is 15.5 Å². The molecule has 2 aromatic heterocycles. The summed E-state index contributed by atoms with van der Waals surface area (Å²) in [4.78, 5) is 33.2. The third-order valence-corrected chi connectivity index (χ3v) is 4.77. The number of nitrogens with one attached hydrogen (secondary N) is 1. The summed E-state index contributed by atoms with van der Waals surface area (Å²) in [5, 5.41) is 0. The summed E-state index contributed by atoms with van der Waals surface area (Å²) >= 11 is 0. The molecule has 6 heteroatoms. The van der Waals surface area contributed by atoms with Crippen molar-refractivity contribution in [1.82, 2.24) is 19.1 Å². The van der Waals surface area contributed by atoms with Crippen LogP contribution in [0.5, 0.6) is 0 Å². The molecule has 0 atom stereocenters. The van der Waals surface area contributed by atoms with Crippen molar-refractivity contribution in [3.8, 4) is 5.69 Å². The molecule has 6 nitrogen and oxygen atoms in total. The van der Waals surface area contributed by atoms with E-state index in [1.807, 2.05) is 62.4 Å². The van der Waals surface area contributed by atoms with E-state index < -0.39 is 0 Å². The predicted molar refractivity (Wildman–Crippen MR) is 106 cm³/mol. The van der Waals surface area contributed by atoms with Crippen LogP contribution in [0.15, 0.2) is 64.4 Å². The molecule has 0 amide bonds. The second-order valence-corrected chi connectivity index (χ2v) is 6.70. The number of rotatable bonds is 4. The Hall–Kier alpha value is -3.41. The first-order valence-electron chi connectivity index (χ1n) is 8.87. The maximum absolute atomic E-state index is 13.2. The van der Waals surface area contributed by atoms with Gasteiger partial charge in [-0.05, 0) is 37.5 Å². The molecule has 1 N–H and O–H groups in total. The molecular formula is C21H20N4O2. The highest BCUT2D eigenvalue weighted by Crippen LogP contribution is 2.17. The van der Waals surface area contributed by atoms with Crippen LogP contribution >= 0.6 is 0 Å². The Morgan fingerprint density at radius 2 is 1.81 bits per heavy atom. The average Bonchev–Trinajstić information content (AvgIpc) is 3.14. The van der Waals surface area contributed by atoms with Gasteiger partial charge in [-0.25, -0.2) is 14.3 Å². The maximum atomic E-state index is 13.2. The predicted octanol–water partition coefficient (Wildman–Crippen LogP) is 2.74. The third kappa shape index (κ3) is 2.99. The number of hydrogen-bond acceptors (Lipinski definition) is 3. The van der Waals surface area contributed by atoms with Crippen molar-refractivity contribution in [2.24, 2.45) is 0 Å². The molecule has 2 aromatic carbocycles. The minimum atomic E-state index is -0.373. The molecule has 0 saturated heterocycles. The first-order chi connectivity index (χ1) is 13.1. The molecule has 0 aliphatic carbocycles. The summed E-state index contributed by atoms with van der Waals surface area (Å²) in [5.41, 5.74) is 3.85. The van der Waals surface area contributed by atoms with Crippen LogP contribution in [-0.4, -0.2) is 19.1 Å². The number of nitrogens with zero attached hydrogens (tertiary/aromatic N) is 3. The lowest BCUT2D eigenvalue weighted by atomic mass is 10.1. The molecule has 0 bridgehead atoms. The zero-order chi connectivity index (χ0) is 19.0. The van der Waals surface area contributed by atoms with Crippen LogP contribution in [0, 0.1) is 13.8 Å².